The van der Waals surface area contributed by atoms with E-state index in [9.17, 15) is 8.42 Å². The van der Waals surface area contributed by atoms with Crippen molar-refractivity contribution in [3.8, 4) is 0 Å². The van der Waals surface area contributed by atoms with Crippen molar-refractivity contribution >= 4 is 21.6 Å². The molecule has 1 aliphatic heterocycles. The molecule has 1 fully saturated rings. The van der Waals surface area contributed by atoms with Crippen molar-refractivity contribution in [2.45, 2.75) is 46.1 Å². The van der Waals surface area contributed by atoms with Crippen LogP contribution in [0.2, 0.25) is 0 Å². The van der Waals surface area contributed by atoms with Crippen molar-refractivity contribution in [1.82, 2.24) is 9.97 Å². The van der Waals surface area contributed by atoms with Gasteiger partial charge in [0.2, 0.25) is 5.95 Å². The van der Waals surface area contributed by atoms with E-state index in [-0.39, 0.29) is 17.5 Å². The molecule has 1 aromatic heterocycles. The first kappa shape index (κ1) is 18.0. The van der Waals surface area contributed by atoms with E-state index in [1.165, 1.54) is 0 Å². The van der Waals surface area contributed by atoms with E-state index in [0.29, 0.717) is 12.4 Å². The molecule has 1 aliphatic rings. The fourth-order valence-corrected chi connectivity index (χ4v) is 4.76. The van der Waals surface area contributed by atoms with E-state index in [0.717, 1.165) is 37.4 Å². The molecule has 0 aromatic carbocycles. The third kappa shape index (κ3) is 4.56. The van der Waals surface area contributed by atoms with E-state index in [4.69, 9.17) is 4.98 Å². The van der Waals surface area contributed by atoms with Crippen molar-refractivity contribution in [3.63, 3.8) is 0 Å². The summed E-state index contributed by atoms with van der Waals surface area (Å²) in [7, 11) is -1.01. The molecule has 0 saturated carbocycles. The van der Waals surface area contributed by atoms with Crippen molar-refractivity contribution in [3.05, 3.63) is 11.8 Å². The summed E-state index contributed by atoms with van der Waals surface area (Å²) in [5.74, 6) is 2.02. The predicted molar refractivity (Wildman–Crippen MR) is 95.0 cm³/mol. The molecular formula is C16H28N4O2S. The van der Waals surface area contributed by atoms with Gasteiger partial charge in [-0.25, -0.2) is 13.4 Å². The molecule has 0 N–H and O–H groups in total. The monoisotopic (exact) mass is 340 g/mol. The lowest BCUT2D eigenvalue weighted by molar-refractivity contribution is 0.600. The molecule has 1 saturated heterocycles. The fourth-order valence-electron chi connectivity index (χ4n) is 2.98. The maximum absolute atomic E-state index is 11.7. The highest BCUT2D eigenvalue weighted by atomic mass is 32.2. The van der Waals surface area contributed by atoms with E-state index in [2.05, 4.69) is 23.7 Å². The Bertz CT molecular complexity index is 627. The predicted octanol–water partition coefficient (Wildman–Crippen LogP) is 2.03. The fraction of sp³-hybridized carbons (Fsp3) is 0.750. The number of anilines is 2. The van der Waals surface area contributed by atoms with Crippen LogP contribution in [0.3, 0.4) is 0 Å². The second-order valence-electron chi connectivity index (χ2n) is 6.32. The molecule has 7 heteroatoms. The lowest BCUT2D eigenvalue weighted by atomic mass is 10.2. The van der Waals surface area contributed by atoms with Crippen LogP contribution in [0.4, 0.5) is 11.8 Å². The summed E-state index contributed by atoms with van der Waals surface area (Å²) >= 11 is 0. The van der Waals surface area contributed by atoms with Gasteiger partial charge in [-0.05, 0) is 26.2 Å². The average molecular weight is 340 g/mol. The van der Waals surface area contributed by atoms with E-state index < -0.39 is 9.84 Å². The maximum atomic E-state index is 11.7. The Morgan fingerprint density at radius 3 is 2.39 bits per heavy atom. The zero-order valence-electron chi connectivity index (χ0n) is 14.6. The minimum atomic E-state index is -2.91. The minimum Gasteiger partial charge on any atom is -0.356 e. The highest BCUT2D eigenvalue weighted by Crippen LogP contribution is 2.23. The Balaban J connectivity index is 2.25. The third-order valence-corrected chi connectivity index (χ3v) is 5.96. The Hall–Kier alpha value is -1.37. The van der Waals surface area contributed by atoms with Gasteiger partial charge >= 0.3 is 0 Å². The first-order chi connectivity index (χ1) is 10.9. The highest BCUT2D eigenvalue weighted by Gasteiger charge is 2.32. The topological polar surface area (TPSA) is 66.4 Å². The Morgan fingerprint density at radius 2 is 1.87 bits per heavy atom. The standard InChI is InChI=1S/C16H28N4O2S/c1-5-8-20(9-6-2)15-11-13(3)17-16(18-15)19(4)14-7-10-23(21,22)12-14/h11,14H,5-10,12H2,1-4H3. The summed E-state index contributed by atoms with van der Waals surface area (Å²) in [6.07, 6.45) is 2.78. The molecular weight excluding hydrogens is 312 g/mol. The largest absolute Gasteiger partial charge is 0.356 e. The van der Waals surface area contributed by atoms with Crippen LogP contribution >= 0.6 is 0 Å². The Morgan fingerprint density at radius 1 is 1.22 bits per heavy atom. The normalized spacial score (nSPS) is 19.7. The zero-order chi connectivity index (χ0) is 17.0. The summed E-state index contributed by atoms with van der Waals surface area (Å²) in [6.45, 7) is 8.21. The number of aromatic nitrogens is 2. The number of hydrogen-bond donors (Lipinski definition) is 0. The SMILES string of the molecule is CCCN(CCC)c1cc(C)nc(N(C)C2CCS(=O)(=O)C2)n1. The van der Waals surface area contributed by atoms with Gasteiger partial charge in [-0.15, -0.1) is 0 Å². The van der Waals surface area contributed by atoms with Gasteiger partial charge in [0, 0.05) is 37.9 Å². The van der Waals surface area contributed by atoms with Crippen LogP contribution in [0.15, 0.2) is 6.07 Å². The Labute approximate surface area is 139 Å². The van der Waals surface area contributed by atoms with Crippen LogP contribution in [0.5, 0.6) is 0 Å². The van der Waals surface area contributed by atoms with Crippen molar-refractivity contribution in [1.29, 1.82) is 0 Å². The molecule has 1 atom stereocenters. The summed E-state index contributed by atoms with van der Waals surface area (Å²) in [5, 5.41) is 0. The van der Waals surface area contributed by atoms with Crippen LogP contribution in [0.25, 0.3) is 0 Å². The molecule has 0 amide bonds. The third-order valence-electron chi connectivity index (χ3n) is 4.21. The summed E-state index contributed by atoms with van der Waals surface area (Å²) in [5.41, 5.74) is 0.912. The van der Waals surface area contributed by atoms with Gasteiger partial charge in [-0.3, -0.25) is 0 Å². The lowest BCUT2D eigenvalue weighted by Gasteiger charge is -2.27. The highest BCUT2D eigenvalue weighted by molar-refractivity contribution is 7.91. The first-order valence-electron chi connectivity index (χ1n) is 8.40. The van der Waals surface area contributed by atoms with Gasteiger partial charge < -0.3 is 9.80 Å². The lowest BCUT2D eigenvalue weighted by Crippen LogP contribution is -2.35. The molecule has 0 aliphatic carbocycles. The van der Waals surface area contributed by atoms with E-state index in [1.807, 2.05) is 24.9 Å². The van der Waals surface area contributed by atoms with Gasteiger partial charge in [0.1, 0.15) is 5.82 Å². The number of hydrogen-bond acceptors (Lipinski definition) is 6. The zero-order valence-corrected chi connectivity index (χ0v) is 15.4. The number of nitrogens with zero attached hydrogens (tertiary/aromatic N) is 4. The second-order valence-corrected chi connectivity index (χ2v) is 8.55. The van der Waals surface area contributed by atoms with Crippen molar-refractivity contribution in [2.75, 3.05) is 41.4 Å². The molecule has 130 valence electrons. The second kappa shape index (κ2) is 7.47. The number of aryl methyl sites for hydroxylation is 1. The smallest absolute Gasteiger partial charge is 0.227 e. The van der Waals surface area contributed by atoms with Gasteiger partial charge in [-0.1, -0.05) is 13.8 Å². The molecule has 0 bridgehead atoms. The maximum Gasteiger partial charge on any atom is 0.227 e. The molecule has 1 unspecified atom stereocenters. The first-order valence-corrected chi connectivity index (χ1v) is 10.2. The number of rotatable bonds is 7. The van der Waals surface area contributed by atoms with Gasteiger partial charge in [0.25, 0.3) is 0 Å². The molecule has 2 rings (SSSR count). The van der Waals surface area contributed by atoms with Crippen LogP contribution < -0.4 is 9.80 Å². The van der Waals surface area contributed by atoms with Gasteiger partial charge in [0.05, 0.1) is 11.5 Å². The summed E-state index contributed by atoms with van der Waals surface area (Å²) in [6, 6.07) is 1.98. The quantitative estimate of drug-likeness (QED) is 0.757. The molecule has 2 heterocycles. The van der Waals surface area contributed by atoms with Gasteiger partial charge in [0.15, 0.2) is 9.84 Å². The van der Waals surface area contributed by atoms with E-state index in [1.54, 1.807) is 0 Å². The summed E-state index contributed by atoms with van der Waals surface area (Å²) < 4.78 is 23.4. The summed E-state index contributed by atoms with van der Waals surface area (Å²) in [4.78, 5) is 13.4. The van der Waals surface area contributed by atoms with Gasteiger partial charge in [-0.2, -0.15) is 4.98 Å². The van der Waals surface area contributed by atoms with Crippen LogP contribution in [0.1, 0.15) is 38.8 Å². The molecule has 23 heavy (non-hydrogen) atoms. The van der Waals surface area contributed by atoms with Crippen LogP contribution in [-0.4, -0.2) is 56.1 Å². The number of sulfone groups is 1. The minimum absolute atomic E-state index is 0.0274. The molecule has 0 spiro atoms. The molecule has 6 nitrogen and oxygen atoms in total. The van der Waals surface area contributed by atoms with Crippen molar-refractivity contribution < 1.29 is 8.42 Å². The van der Waals surface area contributed by atoms with Crippen LogP contribution in [0, 0.1) is 6.92 Å². The Kier molecular flexibility index (Phi) is 5.84. The van der Waals surface area contributed by atoms with E-state index >= 15 is 0 Å². The van der Waals surface area contributed by atoms with Crippen LogP contribution in [-0.2, 0) is 9.84 Å². The molecule has 1 aromatic rings. The van der Waals surface area contributed by atoms with Crippen molar-refractivity contribution in [2.24, 2.45) is 0 Å². The molecule has 0 radical (unpaired) electrons. The average Bonchev–Trinajstić information content (AvgIpc) is 2.86.